The van der Waals surface area contributed by atoms with Crippen molar-refractivity contribution in [2.24, 2.45) is 4.99 Å². The molecule has 1 saturated carbocycles. The van der Waals surface area contributed by atoms with E-state index in [4.69, 9.17) is 4.99 Å². The van der Waals surface area contributed by atoms with Crippen LogP contribution in [0, 0.1) is 10.1 Å². The Balaban J connectivity index is 1.62. The van der Waals surface area contributed by atoms with Crippen LogP contribution < -0.4 is 0 Å². The van der Waals surface area contributed by atoms with Crippen LogP contribution in [0.25, 0.3) is 0 Å². The number of hydrazine groups is 1. The van der Waals surface area contributed by atoms with Crippen molar-refractivity contribution in [1.82, 2.24) is 10.0 Å². The van der Waals surface area contributed by atoms with Gasteiger partial charge in [-0.2, -0.15) is 5.01 Å². The number of nitro benzene ring substituents is 1. The van der Waals surface area contributed by atoms with Gasteiger partial charge in [0, 0.05) is 11.6 Å². The summed E-state index contributed by atoms with van der Waals surface area (Å²) in [5.74, 6) is -0.123. The van der Waals surface area contributed by atoms with Crippen molar-refractivity contribution in [2.45, 2.75) is 37.5 Å². The Kier molecular flexibility index (Phi) is 5.72. The third-order valence-electron chi connectivity index (χ3n) is 6.09. The first-order chi connectivity index (χ1) is 16.1. The normalized spacial score (nSPS) is 21.1. The second kappa shape index (κ2) is 8.82. The number of amides is 2. The number of hydrogen-bond acceptors (Lipinski definition) is 6. The molecule has 0 radical (unpaired) electrons. The van der Waals surface area contributed by atoms with Crippen LogP contribution in [0.3, 0.4) is 0 Å². The first-order valence-corrected chi connectivity index (χ1v) is 12.0. The lowest BCUT2D eigenvalue weighted by Gasteiger charge is -2.33. The maximum absolute atomic E-state index is 13.7. The van der Waals surface area contributed by atoms with Gasteiger partial charge in [-0.05, 0) is 37.3 Å². The molecule has 2 fully saturated rings. The average molecular weight is 463 g/mol. The largest absolute Gasteiger partial charge is 0.297 e. The highest BCUT2D eigenvalue weighted by Gasteiger charge is 2.47. The minimum Gasteiger partial charge on any atom is -0.272 e. The molecular formula is C24H22N4O4S. The molecule has 8 nitrogen and oxygen atoms in total. The van der Waals surface area contributed by atoms with Gasteiger partial charge in [0.15, 0.2) is 5.84 Å². The molecule has 1 saturated heterocycles. The Morgan fingerprint density at radius 3 is 2.39 bits per heavy atom. The lowest BCUT2D eigenvalue weighted by molar-refractivity contribution is -0.385. The van der Waals surface area contributed by atoms with Gasteiger partial charge in [0.2, 0.25) is 0 Å². The molecule has 0 N–H and O–H groups in total. The summed E-state index contributed by atoms with van der Waals surface area (Å²) in [4.78, 5) is 42.8. The number of para-hydroxylation sites is 1. The molecule has 0 aromatic heterocycles. The molecule has 5 rings (SSSR count). The van der Waals surface area contributed by atoms with E-state index in [0.29, 0.717) is 22.7 Å². The molecule has 2 heterocycles. The first-order valence-electron chi connectivity index (χ1n) is 10.9. The third kappa shape index (κ3) is 3.82. The van der Waals surface area contributed by atoms with E-state index in [1.807, 2.05) is 30.3 Å². The van der Waals surface area contributed by atoms with E-state index in [9.17, 15) is 19.7 Å². The number of thioether (sulfide) groups is 1. The van der Waals surface area contributed by atoms with E-state index in [1.54, 1.807) is 18.2 Å². The van der Waals surface area contributed by atoms with Gasteiger partial charge in [-0.3, -0.25) is 19.7 Å². The van der Waals surface area contributed by atoms with E-state index in [2.05, 4.69) is 0 Å². The quantitative estimate of drug-likeness (QED) is 0.376. The molecule has 2 aliphatic heterocycles. The fourth-order valence-electron chi connectivity index (χ4n) is 4.54. The number of hydrogen-bond donors (Lipinski definition) is 0. The fourth-order valence-corrected chi connectivity index (χ4v) is 5.70. The highest BCUT2D eigenvalue weighted by Crippen LogP contribution is 2.45. The summed E-state index contributed by atoms with van der Waals surface area (Å²) < 4.78 is 0. The van der Waals surface area contributed by atoms with Crippen LogP contribution in [0.1, 0.15) is 48.6 Å². The van der Waals surface area contributed by atoms with Crippen LogP contribution in [0.2, 0.25) is 0 Å². The van der Waals surface area contributed by atoms with E-state index in [0.717, 1.165) is 37.7 Å². The zero-order valence-electron chi connectivity index (χ0n) is 17.8. The summed E-state index contributed by atoms with van der Waals surface area (Å²) in [5, 5.41) is 13.7. The summed E-state index contributed by atoms with van der Waals surface area (Å²) >= 11 is 1.27. The number of nitro groups is 1. The van der Waals surface area contributed by atoms with Gasteiger partial charge >= 0.3 is 0 Å². The van der Waals surface area contributed by atoms with Crippen LogP contribution in [0.4, 0.5) is 5.69 Å². The Hall–Kier alpha value is -3.46. The molecule has 1 aliphatic carbocycles. The predicted octanol–water partition coefficient (Wildman–Crippen LogP) is 4.59. The van der Waals surface area contributed by atoms with Crippen LogP contribution in [-0.2, 0) is 9.59 Å². The van der Waals surface area contributed by atoms with Gasteiger partial charge in [0.25, 0.3) is 17.5 Å². The zero-order chi connectivity index (χ0) is 22.9. The summed E-state index contributed by atoms with van der Waals surface area (Å²) in [6.45, 7) is 0. The Morgan fingerprint density at radius 2 is 1.67 bits per heavy atom. The predicted molar refractivity (Wildman–Crippen MR) is 125 cm³/mol. The molecule has 168 valence electrons. The summed E-state index contributed by atoms with van der Waals surface area (Å²) in [5.41, 5.74) is 2.44. The number of benzene rings is 2. The number of allylic oxidation sites excluding steroid dienone is 1. The zero-order valence-corrected chi connectivity index (χ0v) is 18.7. The minimum atomic E-state index is -0.701. The van der Waals surface area contributed by atoms with Crippen molar-refractivity contribution >= 4 is 35.1 Å². The average Bonchev–Trinajstić information content (AvgIpc) is 3.39. The first kappa shape index (κ1) is 21.4. The van der Waals surface area contributed by atoms with Crippen molar-refractivity contribution < 1.29 is 14.5 Å². The van der Waals surface area contributed by atoms with E-state index >= 15 is 0 Å². The Bertz CT molecular complexity index is 1190. The molecule has 0 spiro atoms. The van der Waals surface area contributed by atoms with Crippen LogP contribution in [0.15, 0.2) is 70.9 Å². The maximum Gasteiger partial charge on any atom is 0.297 e. The second-order valence-corrected chi connectivity index (χ2v) is 9.22. The molecule has 33 heavy (non-hydrogen) atoms. The molecule has 2 aromatic carbocycles. The number of amidine groups is 1. The molecule has 2 aromatic rings. The second-order valence-electron chi connectivity index (χ2n) is 8.15. The van der Waals surface area contributed by atoms with E-state index in [-0.39, 0.29) is 23.3 Å². The Labute approximate surface area is 195 Å². The lowest BCUT2D eigenvalue weighted by Crippen LogP contribution is -2.49. The maximum atomic E-state index is 13.7. The van der Waals surface area contributed by atoms with Crippen molar-refractivity contribution in [1.29, 1.82) is 0 Å². The summed E-state index contributed by atoms with van der Waals surface area (Å²) in [6, 6.07) is 15.6. The number of carbonyl (C=O) groups is 2. The highest BCUT2D eigenvalue weighted by atomic mass is 32.2. The number of carbonyl (C=O) groups excluding carboxylic acids is 2. The molecule has 9 heteroatoms. The topological polar surface area (TPSA) is 96.1 Å². The van der Waals surface area contributed by atoms with Crippen molar-refractivity contribution in [3.8, 4) is 0 Å². The molecule has 3 aliphatic rings. The van der Waals surface area contributed by atoms with Crippen molar-refractivity contribution in [3.63, 3.8) is 0 Å². The van der Waals surface area contributed by atoms with E-state index in [1.165, 1.54) is 27.8 Å². The van der Waals surface area contributed by atoms with E-state index < -0.39 is 10.3 Å². The van der Waals surface area contributed by atoms with Gasteiger partial charge in [0.05, 0.1) is 16.2 Å². The van der Waals surface area contributed by atoms with Crippen molar-refractivity contribution in [2.75, 3.05) is 5.75 Å². The van der Waals surface area contributed by atoms with Crippen LogP contribution in [-0.4, -0.2) is 38.3 Å². The van der Waals surface area contributed by atoms with Gasteiger partial charge in [-0.15, -0.1) is 11.8 Å². The summed E-state index contributed by atoms with van der Waals surface area (Å²) in [7, 11) is 0. The number of rotatable bonds is 4. The number of nitrogens with zero attached hydrogens (tertiary/aromatic N) is 4. The molecule has 1 unspecified atom stereocenters. The third-order valence-corrected chi connectivity index (χ3v) is 7.28. The van der Waals surface area contributed by atoms with Gasteiger partial charge in [-0.1, -0.05) is 48.9 Å². The van der Waals surface area contributed by atoms with Gasteiger partial charge < -0.3 is 0 Å². The molecule has 1 atom stereocenters. The lowest BCUT2D eigenvalue weighted by atomic mass is 9.93. The minimum absolute atomic E-state index is 0.0783. The molecular weight excluding hydrogens is 440 g/mol. The number of aliphatic imine (C=N–C) groups is 1. The SMILES string of the molecule is O=C1C(=C2CCCCC2)N=C(c2ccccc2)N1N1C(=O)CSC1c1ccccc1[N+](=O)[O-]. The van der Waals surface area contributed by atoms with Gasteiger partial charge in [0.1, 0.15) is 11.1 Å². The van der Waals surface area contributed by atoms with Crippen molar-refractivity contribution in [3.05, 3.63) is 87.1 Å². The van der Waals surface area contributed by atoms with Crippen LogP contribution >= 0.6 is 11.8 Å². The van der Waals surface area contributed by atoms with Gasteiger partial charge in [-0.25, -0.2) is 10.0 Å². The standard InChI is InChI=1S/C24H22N4O4S/c29-20-15-33-24(18-13-7-8-14-19(18)28(31)32)26(20)27-22(17-11-5-2-6-12-17)25-21(23(27)30)16-9-3-1-4-10-16/h2,5-8,11-14,24H,1,3-4,9-10,15H2. The monoisotopic (exact) mass is 462 g/mol. The smallest absolute Gasteiger partial charge is 0.272 e. The molecule has 0 bridgehead atoms. The Morgan fingerprint density at radius 1 is 0.970 bits per heavy atom. The fraction of sp³-hybridized carbons (Fsp3) is 0.292. The molecule has 2 amide bonds. The summed E-state index contributed by atoms with van der Waals surface area (Å²) in [6.07, 6.45) is 4.79. The van der Waals surface area contributed by atoms with Crippen LogP contribution in [0.5, 0.6) is 0 Å². The highest BCUT2D eigenvalue weighted by molar-refractivity contribution is 8.00.